The fraction of sp³-hybridized carbons (Fsp3) is 0.143. The SMILES string of the molecule is CSc1nnc(Sc2ccnc(N)n2)s1. The fourth-order valence-corrected chi connectivity index (χ4v) is 3.18. The maximum absolute atomic E-state index is 5.47. The molecule has 8 heteroatoms. The van der Waals surface area contributed by atoms with Crippen LogP contribution in [0.4, 0.5) is 5.95 Å². The fourth-order valence-electron chi connectivity index (χ4n) is 0.824. The number of hydrogen-bond acceptors (Lipinski definition) is 8. The van der Waals surface area contributed by atoms with Gasteiger partial charge in [-0.2, -0.15) is 0 Å². The summed E-state index contributed by atoms with van der Waals surface area (Å²) in [5.74, 6) is 0.273. The molecule has 2 N–H and O–H groups in total. The molecule has 0 aliphatic heterocycles. The van der Waals surface area contributed by atoms with Gasteiger partial charge in [0.15, 0.2) is 8.68 Å². The summed E-state index contributed by atoms with van der Waals surface area (Å²) in [4.78, 5) is 7.88. The standard InChI is InChI=1S/C7H7N5S3/c1-13-6-11-12-7(15-6)14-4-2-3-9-5(8)10-4/h2-3H,1H3,(H2,8,9,10). The van der Waals surface area contributed by atoms with E-state index in [0.717, 1.165) is 13.7 Å². The maximum Gasteiger partial charge on any atom is 0.221 e. The smallest absolute Gasteiger partial charge is 0.221 e. The van der Waals surface area contributed by atoms with Gasteiger partial charge in [-0.25, -0.2) is 9.97 Å². The van der Waals surface area contributed by atoms with Crippen molar-refractivity contribution in [2.75, 3.05) is 12.0 Å². The van der Waals surface area contributed by atoms with E-state index in [4.69, 9.17) is 5.73 Å². The molecule has 2 rings (SSSR count). The van der Waals surface area contributed by atoms with Crippen molar-refractivity contribution in [3.05, 3.63) is 12.3 Å². The summed E-state index contributed by atoms with van der Waals surface area (Å²) in [5, 5.41) is 8.79. The molecule has 0 saturated heterocycles. The van der Waals surface area contributed by atoms with E-state index in [1.54, 1.807) is 24.0 Å². The summed E-state index contributed by atoms with van der Waals surface area (Å²) >= 11 is 4.55. The summed E-state index contributed by atoms with van der Waals surface area (Å²) in [7, 11) is 0. The highest BCUT2D eigenvalue weighted by molar-refractivity contribution is 8.02. The minimum Gasteiger partial charge on any atom is -0.368 e. The summed E-state index contributed by atoms with van der Waals surface area (Å²) < 4.78 is 1.80. The minimum absolute atomic E-state index is 0.273. The largest absolute Gasteiger partial charge is 0.368 e. The van der Waals surface area contributed by atoms with Crippen LogP contribution in [0.2, 0.25) is 0 Å². The molecule has 0 atom stereocenters. The number of anilines is 1. The lowest BCUT2D eigenvalue weighted by Crippen LogP contribution is -1.93. The summed E-state index contributed by atoms with van der Waals surface area (Å²) in [6.07, 6.45) is 3.60. The average Bonchev–Trinajstić information content (AvgIpc) is 2.65. The summed E-state index contributed by atoms with van der Waals surface area (Å²) in [6, 6.07) is 1.79. The number of thioether (sulfide) groups is 1. The lowest BCUT2D eigenvalue weighted by atomic mass is 10.7. The molecule has 0 aliphatic rings. The van der Waals surface area contributed by atoms with Crippen LogP contribution in [0.25, 0.3) is 0 Å². The zero-order valence-corrected chi connectivity index (χ0v) is 10.2. The molecule has 78 valence electrons. The second-order valence-electron chi connectivity index (χ2n) is 2.39. The minimum atomic E-state index is 0.273. The number of hydrogen-bond donors (Lipinski definition) is 1. The van der Waals surface area contributed by atoms with E-state index in [2.05, 4.69) is 20.2 Å². The van der Waals surface area contributed by atoms with Gasteiger partial charge in [0.25, 0.3) is 0 Å². The Labute approximate surface area is 98.9 Å². The molecule has 2 aromatic rings. The van der Waals surface area contributed by atoms with Crippen LogP contribution in [0.15, 0.2) is 26.0 Å². The van der Waals surface area contributed by atoms with Gasteiger partial charge >= 0.3 is 0 Å². The zero-order chi connectivity index (χ0) is 10.7. The Kier molecular flexibility index (Phi) is 3.39. The van der Waals surface area contributed by atoms with Crippen molar-refractivity contribution in [1.29, 1.82) is 0 Å². The van der Waals surface area contributed by atoms with Gasteiger partial charge in [-0.3, -0.25) is 0 Å². The van der Waals surface area contributed by atoms with Gasteiger partial charge in [0.2, 0.25) is 5.95 Å². The van der Waals surface area contributed by atoms with Crippen LogP contribution in [0.1, 0.15) is 0 Å². The van der Waals surface area contributed by atoms with Crippen LogP contribution in [0.5, 0.6) is 0 Å². The van der Waals surface area contributed by atoms with Crippen molar-refractivity contribution >= 4 is 40.8 Å². The summed E-state index contributed by atoms with van der Waals surface area (Å²) in [5.41, 5.74) is 5.47. The van der Waals surface area contributed by atoms with E-state index in [-0.39, 0.29) is 5.95 Å². The molecule has 0 aromatic carbocycles. The maximum atomic E-state index is 5.47. The first-order valence-corrected chi connectivity index (χ1v) is 6.77. The highest BCUT2D eigenvalue weighted by atomic mass is 32.2. The van der Waals surface area contributed by atoms with Gasteiger partial charge in [0.1, 0.15) is 5.03 Å². The Morgan fingerprint density at radius 3 is 2.80 bits per heavy atom. The number of nitrogens with zero attached hydrogens (tertiary/aromatic N) is 4. The molecule has 0 aliphatic carbocycles. The Balaban J connectivity index is 2.14. The highest BCUT2D eigenvalue weighted by Gasteiger charge is 2.06. The first-order chi connectivity index (χ1) is 7.28. The molecule has 0 bridgehead atoms. The normalized spacial score (nSPS) is 10.5. The predicted octanol–water partition coefficient (Wildman–Crippen LogP) is 1.78. The molecule has 0 saturated carbocycles. The van der Waals surface area contributed by atoms with Crippen molar-refractivity contribution in [2.45, 2.75) is 13.7 Å². The van der Waals surface area contributed by atoms with Crippen molar-refractivity contribution in [1.82, 2.24) is 20.2 Å². The van der Waals surface area contributed by atoms with Crippen molar-refractivity contribution < 1.29 is 0 Å². The molecular formula is C7H7N5S3. The first-order valence-electron chi connectivity index (χ1n) is 3.92. The number of nitrogen functional groups attached to an aromatic ring is 1. The molecule has 0 radical (unpaired) electrons. The molecule has 0 amide bonds. The summed E-state index contributed by atoms with van der Waals surface area (Å²) in [6.45, 7) is 0. The average molecular weight is 257 g/mol. The Morgan fingerprint density at radius 1 is 1.33 bits per heavy atom. The third kappa shape index (κ3) is 2.80. The van der Waals surface area contributed by atoms with E-state index in [1.807, 2.05) is 6.26 Å². The number of aromatic nitrogens is 4. The van der Waals surface area contributed by atoms with Gasteiger partial charge in [0, 0.05) is 6.20 Å². The lowest BCUT2D eigenvalue weighted by molar-refractivity contribution is 0.952. The van der Waals surface area contributed by atoms with Crippen LogP contribution in [0.3, 0.4) is 0 Å². The van der Waals surface area contributed by atoms with Crippen molar-refractivity contribution in [3.63, 3.8) is 0 Å². The third-order valence-corrected chi connectivity index (χ3v) is 4.29. The monoisotopic (exact) mass is 257 g/mol. The van der Waals surface area contributed by atoms with Gasteiger partial charge < -0.3 is 5.73 Å². The topological polar surface area (TPSA) is 77.6 Å². The predicted molar refractivity (Wildman–Crippen MR) is 62.3 cm³/mol. The number of rotatable bonds is 3. The van der Waals surface area contributed by atoms with E-state index in [1.165, 1.54) is 23.1 Å². The molecule has 2 heterocycles. The van der Waals surface area contributed by atoms with Crippen molar-refractivity contribution in [3.8, 4) is 0 Å². The molecule has 0 unspecified atom stereocenters. The molecule has 2 aromatic heterocycles. The van der Waals surface area contributed by atoms with Gasteiger partial charge in [-0.05, 0) is 24.1 Å². The lowest BCUT2D eigenvalue weighted by Gasteiger charge is -1.95. The molecule has 5 nitrogen and oxygen atoms in total. The van der Waals surface area contributed by atoms with E-state index in [9.17, 15) is 0 Å². The molecule has 0 spiro atoms. The second kappa shape index (κ2) is 4.77. The van der Waals surface area contributed by atoms with Gasteiger partial charge in [-0.1, -0.05) is 23.1 Å². The van der Waals surface area contributed by atoms with E-state index >= 15 is 0 Å². The van der Waals surface area contributed by atoms with Crippen LogP contribution >= 0.6 is 34.9 Å². The molecular weight excluding hydrogens is 250 g/mol. The molecule has 0 fully saturated rings. The third-order valence-electron chi connectivity index (χ3n) is 1.40. The Morgan fingerprint density at radius 2 is 2.13 bits per heavy atom. The Hall–Kier alpha value is -0.860. The van der Waals surface area contributed by atoms with Crippen LogP contribution in [-0.2, 0) is 0 Å². The zero-order valence-electron chi connectivity index (χ0n) is 7.75. The first kappa shape index (κ1) is 10.7. The van der Waals surface area contributed by atoms with Gasteiger partial charge in [-0.15, -0.1) is 10.2 Å². The Bertz CT molecular complexity index is 457. The van der Waals surface area contributed by atoms with Gasteiger partial charge in [0.05, 0.1) is 0 Å². The number of nitrogens with two attached hydrogens (primary N) is 1. The second-order valence-corrected chi connectivity index (χ2v) is 5.69. The van der Waals surface area contributed by atoms with Crippen LogP contribution in [-0.4, -0.2) is 26.4 Å². The van der Waals surface area contributed by atoms with Crippen LogP contribution < -0.4 is 5.73 Å². The van der Waals surface area contributed by atoms with Crippen LogP contribution in [0, 0.1) is 0 Å². The van der Waals surface area contributed by atoms with E-state index in [0.29, 0.717) is 0 Å². The van der Waals surface area contributed by atoms with Crippen molar-refractivity contribution in [2.24, 2.45) is 0 Å². The van der Waals surface area contributed by atoms with E-state index < -0.39 is 0 Å². The highest BCUT2D eigenvalue weighted by Crippen LogP contribution is 2.31. The molecule has 15 heavy (non-hydrogen) atoms. The quantitative estimate of drug-likeness (QED) is 0.663.